The Morgan fingerprint density at radius 1 is 1.11 bits per heavy atom. The summed E-state index contributed by atoms with van der Waals surface area (Å²) < 4.78 is 10.7. The fourth-order valence-electron chi connectivity index (χ4n) is 1.52. The smallest absolute Gasteiger partial charge is 0.153 e. The number of methoxy groups -OCH3 is 1. The van der Waals surface area contributed by atoms with E-state index in [2.05, 4.69) is 0 Å². The highest BCUT2D eigenvalue weighted by molar-refractivity contribution is 6.32. The lowest BCUT2D eigenvalue weighted by Crippen LogP contribution is -1.92. The van der Waals surface area contributed by atoms with Crippen LogP contribution in [0, 0.1) is 0 Å². The van der Waals surface area contributed by atoms with Crippen molar-refractivity contribution in [2.75, 3.05) is 7.11 Å². The molecule has 0 unspecified atom stereocenters. The van der Waals surface area contributed by atoms with E-state index in [0.717, 1.165) is 6.29 Å². The van der Waals surface area contributed by atoms with Crippen LogP contribution in [0.5, 0.6) is 17.2 Å². The predicted molar refractivity (Wildman–Crippen MR) is 69.9 cm³/mol. The average Bonchev–Trinajstić information content (AvgIpc) is 2.41. The molecule has 0 bridgehead atoms. The largest absolute Gasteiger partial charge is 0.496 e. The van der Waals surface area contributed by atoms with E-state index in [9.17, 15) is 4.79 Å². The molecule has 92 valence electrons. The quantitative estimate of drug-likeness (QED) is 0.783. The van der Waals surface area contributed by atoms with Gasteiger partial charge < -0.3 is 9.47 Å². The van der Waals surface area contributed by atoms with Crippen LogP contribution in [0.25, 0.3) is 0 Å². The van der Waals surface area contributed by atoms with Crippen LogP contribution in [-0.2, 0) is 0 Å². The average molecular weight is 263 g/mol. The number of hydrogen-bond acceptors (Lipinski definition) is 3. The van der Waals surface area contributed by atoms with Crippen LogP contribution in [-0.4, -0.2) is 13.4 Å². The summed E-state index contributed by atoms with van der Waals surface area (Å²) in [4.78, 5) is 10.9. The molecule has 0 saturated carbocycles. The summed E-state index contributed by atoms with van der Waals surface area (Å²) in [7, 11) is 1.51. The van der Waals surface area contributed by atoms with Gasteiger partial charge in [0, 0.05) is 0 Å². The van der Waals surface area contributed by atoms with Gasteiger partial charge in [0.2, 0.25) is 0 Å². The van der Waals surface area contributed by atoms with E-state index in [4.69, 9.17) is 21.1 Å². The van der Waals surface area contributed by atoms with E-state index < -0.39 is 0 Å². The number of halogens is 1. The molecule has 0 saturated heterocycles. The van der Waals surface area contributed by atoms with Crippen molar-refractivity contribution in [1.29, 1.82) is 0 Å². The van der Waals surface area contributed by atoms with Crippen molar-refractivity contribution in [2.24, 2.45) is 0 Å². The molecule has 0 N–H and O–H groups in total. The zero-order valence-electron chi connectivity index (χ0n) is 9.72. The molecule has 0 aliphatic heterocycles. The number of para-hydroxylation sites is 1. The number of ether oxygens (including phenoxy) is 2. The molecule has 4 heteroatoms. The van der Waals surface area contributed by atoms with Gasteiger partial charge in [-0.3, -0.25) is 4.79 Å². The van der Waals surface area contributed by atoms with Gasteiger partial charge in [-0.05, 0) is 30.3 Å². The lowest BCUT2D eigenvalue weighted by atomic mass is 10.2. The lowest BCUT2D eigenvalue weighted by Gasteiger charge is -2.09. The van der Waals surface area contributed by atoms with Gasteiger partial charge in [0.05, 0.1) is 17.7 Å². The minimum atomic E-state index is 0.432. The summed E-state index contributed by atoms with van der Waals surface area (Å²) in [5.41, 5.74) is 0.432. The van der Waals surface area contributed by atoms with Crippen LogP contribution in [0.4, 0.5) is 0 Å². The monoisotopic (exact) mass is 262 g/mol. The SMILES string of the molecule is COc1ccc(Oc2ccccc2Cl)cc1C=O. The summed E-state index contributed by atoms with van der Waals surface area (Å²) in [6.45, 7) is 0. The highest BCUT2D eigenvalue weighted by atomic mass is 35.5. The first-order chi connectivity index (χ1) is 8.74. The first-order valence-electron chi connectivity index (χ1n) is 5.30. The molecule has 0 aliphatic carbocycles. The van der Waals surface area contributed by atoms with E-state index >= 15 is 0 Å². The molecule has 2 aromatic carbocycles. The van der Waals surface area contributed by atoms with Crippen molar-refractivity contribution in [2.45, 2.75) is 0 Å². The molecule has 0 fully saturated rings. The first kappa shape index (κ1) is 12.5. The van der Waals surface area contributed by atoms with Gasteiger partial charge >= 0.3 is 0 Å². The standard InChI is InChI=1S/C14H11ClO3/c1-17-13-7-6-11(8-10(13)9-16)18-14-5-3-2-4-12(14)15/h2-9H,1H3. The van der Waals surface area contributed by atoms with Gasteiger partial charge in [-0.15, -0.1) is 0 Å². The molecule has 18 heavy (non-hydrogen) atoms. The molecular formula is C14H11ClO3. The second kappa shape index (κ2) is 5.56. The van der Waals surface area contributed by atoms with Crippen molar-refractivity contribution in [3.63, 3.8) is 0 Å². The van der Waals surface area contributed by atoms with Crippen LogP contribution >= 0.6 is 11.6 Å². The number of carbonyl (C=O) groups excluding carboxylic acids is 1. The molecule has 2 rings (SSSR count). The normalized spacial score (nSPS) is 9.89. The number of rotatable bonds is 4. The second-order valence-corrected chi connectivity index (χ2v) is 3.96. The fraction of sp³-hybridized carbons (Fsp3) is 0.0714. The first-order valence-corrected chi connectivity index (χ1v) is 5.68. The van der Waals surface area contributed by atoms with Crippen molar-refractivity contribution in [3.05, 3.63) is 53.1 Å². The predicted octanol–water partition coefficient (Wildman–Crippen LogP) is 3.95. The molecule has 0 heterocycles. The van der Waals surface area contributed by atoms with E-state index in [-0.39, 0.29) is 0 Å². The van der Waals surface area contributed by atoms with Crippen LogP contribution in [0.1, 0.15) is 10.4 Å². The zero-order valence-corrected chi connectivity index (χ0v) is 10.5. The molecule has 0 aliphatic rings. The number of aldehydes is 1. The molecular weight excluding hydrogens is 252 g/mol. The molecule has 0 spiro atoms. The molecule has 0 radical (unpaired) electrons. The van der Waals surface area contributed by atoms with E-state index in [0.29, 0.717) is 27.8 Å². The minimum Gasteiger partial charge on any atom is -0.496 e. The van der Waals surface area contributed by atoms with Gasteiger partial charge in [0.15, 0.2) is 6.29 Å². The van der Waals surface area contributed by atoms with E-state index in [1.807, 2.05) is 12.1 Å². The van der Waals surface area contributed by atoms with E-state index in [1.54, 1.807) is 30.3 Å². The summed E-state index contributed by atoms with van der Waals surface area (Å²) in [6.07, 6.45) is 0.721. The van der Waals surface area contributed by atoms with Crippen molar-refractivity contribution in [1.82, 2.24) is 0 Å². The van der Waals surface area contributed by atoms with Gasteiger partial charge in [-0.1, -0.05) is 23.7 Å². The molecule has 0 amide bonds. The Hall–Kier alpha value is -2.00. The Balaban J connectivity index is 2.30. The van der Waals surface area contributed by atoms with Gasteiger partial charge in [0.1, 0.15) is 17.2 Å². The summed E-state index contributed by atoms with van der Waals surface area (Å²) in [6, 6.07) is 12.1. The zero-order chi connectivity index (χ0) is 13.0. The van der Waals surface area contributed by atoms with E-state index in [1.165, 1.54) is 7.11 Å². The lowest BCUT2D eigenvalue weighted by molar-refractivity contribution is 0.112. The summed E-state index contributed by atoms with van der Waals surface area (Å²) in [5.74, 6) is 1.59. The second-order valence-electron chi connectivity index (χ2n) is 3.55. The van der Waals surface area contributed by atoms with Crippen molar-refractivity contribution >= 4 is 17.9 Å². The Morgan fingerprint density at radius 3 is 2.56 bits per heavy atom. The van der Waals surface area contributed by atoms with Crippen LogP contribution in [0.15, 0.2) is 42.5 Å². The number of hydrogen-bond donors (Lipinski definition) is 0. The van der Waals surface area contributed by atoms with Gasteiger partial charge in [-0.2, -0.15) is 0 Å². The third-order valence-corrected chi connectivity index (χ3v) is 2.70. The third kappa shape index (κ3) is 2.63. The Bertz CT molecular complexity index is 567. The number of carbonyl (C=O) groups is 1. The fourth-order valence-corrected chi connectivity index (χ4v) is 1.70. The Labute approximate surface area is 110 Å². The Morgan fingerprint density at radius 2 is 1.89 bits per heavy atom. The maximum absolute atomic E-state index is 10.9. The van der Waals surface area contributed by atoms with Crippen LogP contribution < -0.4 is 9.47 Å². The maximum Gasteiger partial charge on any atom is 0.153 e. The third-order valence-electron chi connectivity index (χ3n) is 2.39. The number of benzene rings is 2. The molecule has 0 atom stereocenters. The summed E-state index contributed by atoms with van der Waals surface area (Å²) in [5, 5.41) is 0.515. The topological polar surface area (TPSA) is 35.5 Å². The maximum atomic E-state index is 10.9. The van der Waals surface area contributed by atoms with Crippen LogP contribution in [0.3, 0.4) is 0 Å². The highest BCUT2D eigenvalue weighted by Gasteiger charge is 2.06. The van der Waals surface area contributed by atoms with Gasteiger partial charge in [-0.25, -0.2) is 0 Å². The Kier molecular flexibility index (Phi) is 3.85. The van der Waals surface area contributed by atoms with Crippen molar-refractivity contribution < 1.29 is 14.3 Å². The summed E-state index contributed by atoms with van der Waals surface area (Å²) >= 11 is 5.99. The van der Waals surface area contributed by atoms with Crippen LogP contribution in [0.2, 0.25) is 5.02 Å². The molecule has 3 nitrogen and oxygen atoms in total. The van der Waals surface area contributed by atoms with Crippen molar-refractivity contribution in [3.8, 4) is 17.2 Å². The minimum absolute atomic E-state index is 0.432. The molecule has 2 aromatic rings. The molecule has 0 aromatic heterocycles. The van der Waals surface area contributed by atoms with Gasteiger partial charge in [0.25, 0.3) is 0 Å². The highest BCUT2D eigenvalue weighted by Crippen LogP contribution is 2.31.